The van der Waals surface area contributed by atoms with E-state index >= 15 is 0 Å². The van der Waals surface area contributed by atoms with Crippen molar-refractivity contribution < 1.29 is 19.2 Å². The highest BCUT2D eigenvalue weighted by molar-refractivity contribution is 5.93. The number of carboxylic acids is 1. The number of nitrogens with zero attached hydrogens (tertiary/aromatic N) is 1. The standard InChI is InChI=1S/C14H11FN2O4/c1-8-11(15)3-2-4-12(8)16-9-5-6-13(17(20)21)10(7-9)14(18)19/h2-7,16H,1H3,(H,18,19). The van der Waals surface area contributed by atoms with Gasteiger partial charge in [0.2, 0.25) is 0 Å². The smallest absolute Gasteiger partial charge is 0.342 e. The Balaban J connectivity index is 2.42. The van der Waals surface area contributed by atoms with Crippen molar-refractivity contribution in [3.63, 3.8) is 0 Å². The summed E-state index contributed by atoms with van der Waals surface area (Å²) in [5.41, 5.74) is 0.225. The van der Waals surface area contributed by atoms with Crippen molar-refractivity contribution >= 4 is 23.0 Å². The van der Waals surface area contributed by atoms with E-state index < -0.39 is 28.0 Å². The van der Waals surface area contributed by atoms with Crippen LogP contribution < -0.4 is 5.32 Å². The van der Waals surface area contributed by atoms with Gasteiger partial charge in [0.25, 0.3) is 5.69 Å². The lowest BCUT2D eigenvalue weighted by Crippen LogP contribution is -2.04. The van der Waals surface area contributed by atoms with E-state index in [-0.39, 0.29) is 0 Å². The molecular formula is C14H11FN2O4. The summed E-state index contributed by atoms with van der Waals surface area (Å²) in [6.07, 6.45) is 0. The molecule has 0 amide bonds. The van der Waals surface area contributed by atoms with E-state index in [1.54, 1.807) is 13.0 Å². The van der Waals surface area contributed by atoms with E-state index in [9.17, 15) is 19.3 Å². The van der Waals surface area contributed by atoms with Crippen molar-refractivity contribution in [3.8, 4) is 0 Å². The highest BCUT2D eigenvalue weighted by Crippen LogP contribution is 2.27. The van der Waals surface area contributed by atoms with Gasteiger partial charge in [-0.2, -0.15) is 0 Å². The topological polar surface area (TPSA) is 92.5 Å². The Morgan fingerprint density at radius 2 is 2.05 bits per heavy atom. The molecule has 0 heterocycles. The summed E-state index contributed by atoms with van der Waals surface area (Å²) in [6.45, 7) is 1.57. The zero-order valence-electron chi connectivity index (χ0n) is 11.0. The summed E-state index contributed by atoms with van der Waals surface area (Å²) in [7, 11) is 0. The lowest BCUT2D eigenvalue weighted by Gasteiger charge is -2.10. The van der Waals surface area contributed by atoms with Gasteiger partial charge in [-0.25, -0.2) is 9.18 Å². The highest BCUT2D eigenvalue weighted by Gasteiger charge is 2.20. The van der Waals surface area contributed by atoms with Crippen LogP contribution in [0.4, 0.5) is 21.5 Å². The van der Waals surface area contributed by atoms with Gasteiger partial charge in [0, 0.05) is 23.0 Å². The van der Waals surface area contributed by atoms with Crippen LogP contribution in [0.15, 0.2) is 36.4 Å². The molecule has 0 fully saturated rings. The average Bonchev–Trinajstić information content (AvgIpc) is 2.43. The molecule has 0 radical (unpaired) electrons. The van der Waals surface area contributed by atoms with E-state index in [0.29, 0.717) is 16.9 Å². The van der Waals surface area contributed by atoms with Crippen LogP contribution in [0.1, 0.15) is 15.9 Å². The maximum atomic E-state index is 13.4. The van der Waals surface area contributed by atoms with Crippen molar-refractivity contribution in [1.82, 2.24) is 0 Å². The summed E-state index contributed by atoms with van der Waals surface area (Å²) in [5, 5.41) is 22.6. The molecule has 0 spiro atoms. The van der Waals surface area contributed by atoms with Crippen molar-refractivity contribution in [2.24, 2.45) is 0 Å². The Bertz CT molecular complexity index is 731. The first kappa shape index (κ1) is 14.4. The van der Waals surface area contributed by atoms with E-state index in [1.165, 1.54) is 18.2 Å². The van der Waals surface area contributed by atoms with Crippen LogP contribution in [-0.4, -0.2) is 16.0 Å². The van der Waals surface area contributed by atoms with E-state index in [2.05, 4.69) is 5.32 Å². The second-order valence-electron chi connectivity index (χ2n) is 4.33. The number of nitrogens with one attached hydrogen (secondary N) is 1. The van der Waals surface area contributed by atoms with Gasteiger partial charge in [-0.1, -0.05) is 6.07 Å². The minimum atomic E-state index is -1.40. The van der Waals surface area contributed by atoms with Gasteiger partial charge in [-0.3, -0.25) is 10.1 Å². The molecule has 2 aromatic rings. The fourth-order valence-corrected chi connectivity index (χ4v) is 1.84. The van der Waals surface area contributed by atoms with Gasteiger partial charge in [-0.15, -0.1) is 0 Å². The molecule has 0 aliphatic rings. The van der Waals surface area contributed by atoms with Crippen molar-refractivity contribution in [3.05, 3.63) is 63.5 Å². The molecule has 0 saturated heterocycles. The fourth-order valence-electron chi connectivity index (χ4n) is 1.84. The first-order chi connectivity index (χ1) is 9.90. The summed E-state index contributed by atoms with van der Waals surface area (Å²) < 4.78 is 13.4. The Hall–Kier alpha value is -2.96. The van der Waals surface area contributed by atoms with Crippen LogP contribution in [0, 0.1) is 22.9 Å². The lowest BCUT2D eigenvalue weighted by atomic mass is 10.1. The largest absolute Gasteiger partial charge is 0.477 e. The van der Waals surface area contributed by atoms with Crippen LogP contribution in [0.2, 0.25) is 0 Å². The molecule has 0 unspecified atom stereocenters. The highest BCUT2D eigenvalue weighted by atomic mass is 19.1. The van der Waals surface area contributed by atoms with Gasteiger partial charge in [0.15, 0.2) is 0 Å². The summed E-state index contributed by atoms with van der Waals surface area (Å²) in [4.78, 5) is 21.1. The van der Waals surface area contributed by atoms with Gasteiger partial charge in [0.1, 0.15) is 11.4 Å². The van der Waals surface area contributed by atoms with E-state index in [1.807, 2.05) is 0 Å². The Kier molecular flexibility index (Phi) is 3.84. The third-order valence-electron chi connectivity index (χ3n) is 2.97. The molecule has 0 bridgehead atoms. The summed E-state index contributed by atoms with van der Waals surface area (Å²) in [5.74, 6) is -1.80. The number of hydrogen-bond acceptors (Lipinski definition) is 4. The van der Waals surface area contributed by atoms with Crippen LogP contribution in [0.25, 0.3) is 0 Å². The Labute approximate surface area is 119 Å². The molecule has 0 aliphatic heterocycles. The number of anilines is 2. The molecule has 6 nitrogen and oxygen atoms in total. The number of nitro benzene ring substituents is 1. The maximum absolute atomic E-state index is 13.4. The summed E-state index contributed by atoms with van der Waals surface area (Å²) in [6, 6.07) is 8.05. The van der Waals surface area contributed by atoms with Crippen molar-refractivity contribution in [2.45, 2.75) is 6.92 Å². The minimum Gasteiger partial charge on any atom is -0.477 e. The molecule has 21 heavy (non-hydrogen) atoms. The number of hydrogen-bond donors (Lipinski definition) is 2. The number of nitro groups is 1. The van der Waals surface area contributed by atoms with Crippen molar-refractivity contribution in [1.29, 1.82) is 0 Å². The molecule has 2 aromatic carbocycles. The SMILES string of the molecule is Cc1c(F)cccc1Nc1ccc([N+](=O)[O-])c(C(=O)O)c1. The maximum Gasteiger partial charge on any atom is 0.342 e. The third kappa shape index (κ3) is 2.97. The number of carbonyl (C=O) groups is 1. The van der Waals surface area contributed by atoms with Crippen LogP contribution in [-0.2, 0) is 0 Å². The molecular weight excluding hydrogens is 279 g/mol. The van der Waals surface area contributed by atoms with Crippen LogP contribution in [0.5, 0.6) is 0 Å². The quantitative estimate of drug-likeness (QED) is 0.664. The second-order valence-corrected chi connectivity index (χ2v) is 4.33. The first-order valence-corrected chi connectivity index (χ1v) is 5.94. The summed E-state index contributed by atoms with van der Waals surface area (Å²) >= 11 is 0. The number of aromatic carboxylic acids is 1. The van der Waals surface area contributed by atoms with Gasteiger partial charge in [0.05, 0.1) is 4.92 Å². The number of benzene rings is 2. The Morgan fingerprint density at radius 3 is 2.67 bits per heavy atom. The minimum absolute atomic E-state index is 0.326. The van der Waals surface area contributed by atoms with Crippen LogP contribution in [0.3, 0.4) is 0 Å². The number of carboxylic acid groups (broad SMARTS) is 1. The zero-order valence-corrected chi connectivity index (χ0v) is 11.0. The number of rotatable bonds is 4. The van der Waals surface area contributed by atoms with E-state index in [0.717, 1.165) is 12.1 Å². The van der Waals surface area contributed by atoms with Gasteiger partial charge >= 0.3 is 5.97 Å². The molecule has 2 N–H and O–H groups in total. The van der Waals surface area contributed by atoms with Crippen LogP contribution >= 0.6 is 0 Å². The second kappa shape index (κ2) is 5.58. The molecule has 7 heteroatoms. The molecule has 0 aromatic heterocycles. The van der Waals surface area contributed by atoms with Crippen molar-refractivity contribution in [2.75, 3.05) is 5.32 Å². The normalized spacial score (nSPS) is 10.2. The first-order valence-electron chi connectivity index (χ1n) is 5.94. The predicted octanol–water partition coefficient (Wildman–Crippen LogP) is 3.48. The van der Waals surface area contributed by atoms with Gasteiger partial charge < -0.3 is 10.4 Å². The van der Waals surface area contributed by atoms with Gasteiger partial charge in [-0.05, 0) is 31.2 Å². The van der Waals surface area contributed by atoms with E-state index in [4.69, 9.17) is 5.11 Å². The zero-order chi connectivity index (χ0) is 15.6. The molecule has 0 aliphatic carbocycles. The predicted molar refractivity (Wildman–Crippen MR) is 74.5 cm³/mol. The lowest BCUT2D eigenvalue weighted by molar-refractivity contribution is -0.385. The molecule has 0 atom stereocenters. The average molecular weight is 290 g/mol. The molecule has 108 valence electrons. The molecule has 2 rings (SSSR count). The number of halogens is 1. The molecule has 0 saturated carbocycles. The Morgan fingerprint density at radius 1 is 1.33 bits per heavy atom. The monoisotopic (exact) mass is 290 g/mol. The third-order valence-corrected chi connectivity index (χ3v) is 2.97. The fraction of sp³-hybridized carbons (Fsp3) is 0.0714.